The van der Waals surface area contributed by atoms with Gasteiger partial charge in [0.25, 0.3) is 0 Å². The molecule has 3 nitrogen and oxygen atoms in total. The second kappa shape index (κ2) is 16.0. The van der Waals surface area contributed by atoms with Crippen LogP contribution in [-0.4, -0.2) is 24.3 Å². The van der Waals surface area contributed by atoms with Crippen LogP contribution in [0.25, 0.3) is 11.6 Å². The van der Waals surface area contributed by atoms with Crippen LogP contribution in [0.2, 0.25) is 0 Å². The highest BCUT2D eigenvalue weighted by atomic mass is 32.1. The van der Waals surface area contributed by atoms with Crippen molar-refractivity contribution in [1.29, 1.82) is 0 Å². The van der Waals surface area contributed by atoms with Crippen LogP contribution in [0, 0.1) is 0 Å². The van der Waals surface area contributed by atoms with Crippen LogP contribution in [0.3, 0.4) is 0 Å². The Morgan fingerprint density at radius 3 is 2.66 bits per heavy atom. The molecular weight excluding hydrogens is 380 g/mol. The molecule has 0 aliphatic carbocycles. The minimum Gasteiger partial charge on any atom is -0.469 e. The Morgan fingerprint density at radius 2 is 1.93 bits per heavy atom. The van der Waals surface area contributed by atoms with Gasteiger partial charge in [0.1, 0.15) is 0 Å². The Balaban J connectivity index is 2.37. The summed E-state index contributed by atoms with van der Waals surface area (Å²) in [7, 11) is 1.41. The quantitative estimate of drug-likeness (QED) is 0.146. The molecule has 0 bridgehead atoms. The van der Waals surface area contributed by atoms with Crippen LogP contribution in [0.15, 0.2) is 42.7 Å². The molecule has 1 aromatic heterocycles. The van der Waals surface area contributed by atoms with E-state index >= 15 is 0 Å². The van der Waals surface area contributed by atoms with Crippen molar-refractivity contribution >= 4 is 29.0 Å². The zero-order valence-electron chi connectivity index (χ0n) is 18.0. The number of aliphatic hydroxyl groups excluding tert-OH is 1. The highest BCUT2D eigenvalue weighted by Gasteiger charge is 2.06. The summed E-state index contributed by atoms with van der Waals surface area (Å²) in [4.78, 5) is 13.5. The van der Waals surface area contributed by atoms with E-state index in [9.17, 15) is 9.90 Å². The topological polar surface area (TPSA) is 46.5 Å². The van der Waals surface area contributed by atoms with Crippen molar-refractivity contribution in [1.82, 2.24) is 0 Å². The van der Waals surface area contributed by atoms with Gasteiger partial charge in [0.05, 0.1) is 13.2 Å². The van der Waals surface area contributed by atoms with Gasteiger partial charge >= 0.3 is 5.97 Å². The molecule has 0 aliphatic heterocycles. The lowest BCUT2D eigenvalue weighted by Gasteiger charge is -2.04. The van der Waals surface area contributed by atoms with E-state index in [0.29, 0.717) is 6.42 Å². The van der Waals surface area contributed by atoms with Gasteiger partial charge in [0, 0.05) is 21.7 Å². The molecule has 1 atom stereocenters. The lowest BCUT2D eigenvalue weighted by Crippen LogP contribution is -2.01. The maximum atomic E-state index is 11.2. The first kappa shape index (κ1) is 25.2. The minimum atomic E-state index is -0.366. The third kappa shape index (κ3) is 11.7. The molecular formula is C25H36O3S. The van der Waals surface area contributed by atoms with Crippen LogP contribution in [-0.2, 0) is 9.53 Å². The van der Waals surface area contributed by atoms with E-state index in [0.717, 1.165) is 41.0 Å². The van der Waals surface area contributed by atoms with Crippen LogP contribution in [0.4, 0.5) is 0 Å². The third-order valence-corrected chi connectivity index (χ3v) is 5.84. The van der Waals surface area contributed by atoms with Crippen molar-refractivity contribution in [2.75, 3.05) is 7.11 Å². The summed E-state index contributed by atoms with van der Waals surface area (Å²) < 4.78 is 4.67. The molecule has 0 spiro atoms. The molecule has 0 aromatic carbocycles. The Labute approximate surface area is 180 Å². The SMILES string of the molecule is C=C=C(CCCC(=O)OC)c1ccc(/C=C/C=C/C(O)CCCCCCCC)s1. The second-order valence-electron chi connectivity index (χ2n) is 7.15. The van der Waals surface area contributed by atoms with Crippen LogP contribution >= 0.6 is 11.3 Å². The van der Waals surface area contributed by atoms with Crippen molar-refractivity contribution in [2.24, 2.45) is 0 Å². The number of rotatable bonds is 15. The summed E-state index contributed by atoms with van der Waals surface area (Å²) in [6.45, 7) is 6.00. The summed E-state index contributed by atoms with van der Waals surface area (Å²) in [5.74, 6) is -0.186. The van der Waals surface area contributed by atoms with E-state index in [2.05, 4.69) is 36.1 Å². The number of esters is 1. The van der Waals surface area contributed by atoms with Crippen molar-refractivity contribution in [3.63, 3.8) is 0 Å². The highest BCUT2D eigenvalue weighted by molar-refractivity contribution is 7.14. The predicted octanol–water partition coefficient (Wildman–Crippen LogP) is 6.94. The van der Waals surface area contributed by atoms with Gasteiger partial charge in [-0.15, -0.1) is 17.1 Å². The summed E-state index contributed by atoms with van der Waals surface area (Å²) in [5, 5.41) is 10.0. The average molecular weight is 417 g/mol. The van der Waals surface area contributed by atoms with Crippen LogP contribution < -0.4 is 0 Å². The zero-order valence-corrected chi connectivity index (χ0v) is 18.8. The van der Waals surface area contributed by atoms with E-state index in [1.54, 1.807) is 11.3 Å². The smallest absolute Gasteiger partial charge is 0.305 e. The van der Waals surface area contributed by atoms with Gasteiger partial charge in [0.15, 0.2) is 0 Å². The number of aliphatic hydroxyl groups is 1. The van der Waals surface area contributed by atoms with Gasteiger partial charge < -0.3 is 9.84 Å². The molecule has 1 heterocycles. The van der Waals surface area contributed by atoms with Gasteiger partial charge in [-0.1, -0.05) is 70.3 Å². The Hall–Kier alpha value is -1.87. The monoisotopic (exact) mass is 416 g/mol. The molecule has 29 heavy (non-hydrogen) atoms. The van der Waals surface area contributed by atoms with E-state index in [1.807, 2.05) is 24.3 Å². The minimum absolute atomic E-state index is 0.186. The first-order valence-electron chi connectivity index (χ1n) is 10.7. The van der Waals surface area contributed by atoms with E-state index in [-0.39, 0.29) is 12.1 Å². The Morgan fingerprint density at radius 1 is 1.17 bits per heavy atom. The van der Waals surface area contributed by atoms with Gasteiger partial charge in [-0.2, -0.15) is 0 Å². The van der Waals surface area contributed by atoms with Crippen molar-refractivity contribution in [3.8, 4) is 0 Å². The molecule has 1 rings (SSSR count). The first-order valence-corrected chi connectivity index (χ1v) is 11.5. The number of hydrogen-bond donors (Lipinski definition) is 1. The molecule has 0 aliphatic rings. The average Bonchev–Trinajstić information content (AvgIpc) is 3.19. The van der Waals surface area contributed by atoms with Crippen LogP contribution in [0.1, 0.15) is 80.9 Å². The van der Waals surface area contributed by atoms with Gasteiger partial charge in [0.2, 0.25) is 0 Å². The molecule has 0 saturated carbocycles. The lowest BCUT2D eigenvalue weighted by atomic mass is 10.1. The molecule has 1 N–H and O–H groups in total. The number of ether oxygens (including phenoxy) is 1. The molecule has 4 heteroatoms. The normalized spacial score (nSPS) is 12.4. The number of allylic oxidation sites excluding steroid dienone is 3. The van der Waals surface area contributed by atoms with Gasteiger partial charge in [-0.25, -0.2) is 0 Å². The number of unbranched alkanes of at least 4 members (excludes halogenated alkanes) is 5. The fourth-order valence-electron chi connectivity index (χ4n) is 2.99. The predicted molar refractivity (Wildman–Crippen MR) is 125 cm³/mol. The Bertz CT molecular complexity index is 693. The molecule has 0 saturated heterocycles. The van der Waals surface area contributed by atoms with E-state index in [4.69, 9.17) is 0 Å². The van der Waals surface area contributed by atoms with Gasteiger partial charge in [-0.3, -0.25) is 4.79 Å². The third-order valence-electron chi connectivity index (χ3n) is 4.73. The van der Waals surface area contributed by atoms with Crippen LogP contribution in [0.5, 0.6) is 0 Å². The molecule has 0 fully saturated rings. The van der Waals surface area contributed by atoms with E-state index < -0.39 is 0 Å². The molecule has 1 unspecified atom stereocenters. The maximum Gasteiger partial charge on any atom is 0.305 e. The van der Waals surface area contributed by atoms with Crippen molar-refractivity contribution in [2.45, 2.75) is 77.2 Å². The fraction of sp³-hybridized carbons (Fsp3) is 0.520. The van der Waals surface area contributed by atoms with Gasteiger partial charge in [-0.05, 0) is 37.5 Å². The summed E-state index contributed by atoms with van der Waals surface area (Å²) in [6.07, 6.45) is 17.6. The molecule has 0 radical (unpaired) electrons. The standard InChI is InChI=1S/C25H36O3S/c1-4-6-7-8-9-10-15-22(26)16-11-12-17-23-19-20-24(29-23)21(5-2)14-13-18-25(27)28-3/h11-12,16-17,19-20,22,26H,2,4,6-10,13-15,18H2,1,3H3/b16-11+,17-12+. The summed E-state index contributed by atoms with van der Waals surface area (Å²) in [5.41, 5.74) is 4.03. The number of methoxy groups -OCH3 is 1. The number of carbonyl (C=O) groups excluding carboxylic acids is 1. The maximum absolute atomic E-state index is 11.2. The molecule has 160 valence electrons. The second-order valence-corrected chi connectivity index (χ2v) is 8.27. The first-order chi connectivity index (χ1) is 14.1. The highest BCUT2D eigenvalue weighted by Crippen LogP contribution is 2.28. The number of hydrogen-bond acceptors (Lipinski definition) is 4. The van der Waals surface area contributed by atoms with Crippen molar-refractivity contribution in [3.05, 3.63) is 52.4 Å². The fourth-order valence-corrected chi connectivity index (χ4v) is 3.96. The summed E-state index contributed by atoms with van der Waals surface area (Å²) >= 11 is 1.67. The molecule has 1 aromatic rings. The zero-order chi connectivity index (χ0) is 21.3. The Kier molecular flexibility index (Phi) is 13.9. The summed E-state index contributed by atoms with van der Waals surface area (Å²) in [6, 6.07) is 4.13. The number of carbonyl (C=O) groups is 1. The lowest BCUT2D eigenvalue weighted by molar-refractivity contribution is -0.140. The van der Waals surface area contributed by atoms with E-state index in [1.165, 1.54) is 39.2 Å². The number of thiophene rings is 1. The van der Waals surface area contributed by atoms with Crippen molar-refractivity contribution < 1.29 is 14.6 Å². The molecule has 0 amide bonds. The largest absolute Gasteiger partial charge is 0.469 e.